The molecule has 11 heavy (non-hydrogen) atoms. The van der Waals surface area contributed by atoms with Gasteiger partial charge in [-0.3, -0.25) is 0 Å². The summed E-state index contributed by atoms with van der Waals surface area (Å²) in [5.41, 5.74) is 0. The molecule has 0 amide bonds. The Hall–Kier alpha value is -0.260. The molecule has 0 N–H and O–H groups in total. The zero-order valence-electron chi connectivity index (χ0n) is 7.00. The van der Waals surface area contributed by atoms with Gasteiger partial charge in [-0.25, -0.2) is 0 Å². The average Bonchev–Trinajstić information content (AvgIpc) is 2.52. The summed E-state index contributed by atoms with van der Waals surface area (Å²) < 4.78 is 0. The van der Waals surface area contributed by atoms with E-state index in [4.69, 9.17) is 0 Å². The number of hydrogen-bond acceptors (Lipinski definition) is 0. The van der Waals surface area contributed by atoms with Gasteiger partial charge in [-0.1, -0.05) is 25.0 Å². The van der Waals surface area contributed by atoms with Gasteiger partial charge in [0.2, 0.25) is 0 Å². The van der Waals surface area contributed by atoms with Crippen LogP contribution in [0.3, 0.4) is 0 Å². The first-order valence-corrected chi connectivity index (χ1v) is 5.12. The normalized spacial score (nSPS) is 53.1. The first kappa shape index (κ1) is 6.28. The fraction of sp³-hybridized carbons (Fsp3) is 0.818. The van der Waals surface area contributed by atoms with Crippen LogP contribution >= 0.6 is 0 Å². The fourth-order valence-corrected chi connectivity index (χ4v) is 3.72. The van der Waals surface area contributed by atoms with Crippen LogP contribution in [-0.2, 0) is 0 Å². The largest absolute Gasteiger partial charge is 0.0879 e. The monoisotopic (exact) mass is 148 g/mol. The SMILES string of the molecule is C1=CC2C(C1)CC1CCCC12. The van der Waals surface area contributed by atoms with Crippen LogP contribution in [0.2, 0.25) is 0 Å². The molecule has 4 unspecified atom stereocenters. The molecular formula is C11H16. The second-order valence-corrected chi connectivity index (χ2v) is 4.59. The number of fused-ring (bicyclic) bond motifs is 3. The van der Waals surface area contributed by atoms with E-state index < -0.39 is 0 Å². The van der Waals surface area contributed by atoms with Gasteiger partial charge >= 0.3 is 0 Å². The van der Waals surface area contributed by atoms with Gasteiger partial charge in [-0.2, -0.15) is 0 Å². The van der Waals surface area contributed by atoms with Crippen molar-refractivity contribution in [2.24, 2.45) is 23.7 Å². The number of rotatable bonds is 0. The second kappa shape index (κ2) is 2.12. The zero-order chi connectivity index (χ0) is 7.26. The second-order valence-electron chi connectivity index (χ2n) is 4.59. The lowest BCUT2D eigenvalue weighted by atomic mass is 9.91. The highest BCUT2D eigenvalue weighted by atomic mass is 14.5. The van der Waals surface area contributed by atoms with Gasteiger partial charge in [0.15, 0.2) is 0 Å². The zero-order valence-corrected chi connectivity index (χ0v) is 7.00. The minimum atomic E-state index is 1.02. The smallest absolute Gasteiger partial charge is 0.0171 e. The molecule has 0 heteroatoms. The minimum absolute atomic E-state index is 1.02. The molecule has 3 aliphatic rings. The predicted octanol–water partition coefficient (Wildman–Crippen LogP) is 3.00. The van der Waals surface area contributed by atoms with E-state index in [0.717, 1.165) is 23.7 Å². The van der Waals surface area contributed by atoms with Crippen LogP contribution in [0.15, 0.2) is 12.2 Å². The van der Waals surface area contributed by atoms with Crippen molar-refractivity contribution < 1.29 is 0 Å². The van der Waals surface area contributed by atoms with Gasteiger partial charge in [0.1, 0.15) is 0 Å². The molecule has 0 aromatic heterocycles. The van der Waals surface area contributed by atoms with E-state index >= 15 is 0 Å². The fourth-order valence-electron chi connectivity index (χ4n) is 3.72. The van der Waals surface area contributed by atoms with Crippen LogP contribution in [0.4, 0.5) is 0 Å². The third-order valence-corrected chi connectivity index (χ3v) is 4.16. The lowest BCUT2D eigenvalue weighted by Crippen LogP contribution is -2.08. The van der Waals surface area contributed by atoms with Crippen LogP contribution in [0.1, 0.15) is 32.1 Å². The van der Waals surface area contributed by atoms with E-state index in [2.05, 4.69) is 12.2 Å². The summed E-state index contributed by atoms with van der Waals surface area (Å²) in [7, 11) is 0. The molecule has 0 radical (unpaired) electrons. The van der Waals surface area contributed by atoms with Crippen molar-refractivity contribution in [3.8, 4) is 0 Å². The summed E-state index contributed by atoms with van der Waals surface area (Å²) in [5, 5.41) is 0. The Morgan fingerprint density at radius 3 is 3.09 bits per heavy atom. The molecule has 0 aromatic carbocycles. The highest BCUT2D eigenvalue weighted by Crippen LogP contribution is 2.54. The molecule has 0 spiro atoms. The van der Waals surface area contributed by atoms with Gasteiger partial charge < -0.3 is 0 Å². The van der Waals surface area contributed by atoms with Crippen LogP contribution in [0.25, 0.3) is 0 Å². The lowest BCUT2D eigenvalue weighted by Gasteiger charge is -2.14. The Balaban J connectivity index is 1.88. The third kappa shape index (κ3) is 0.758. The topological polar surface area (TPSA) is 0 Å². The number of hydrogen-bond donors (Lipinski definition) is 0. The summed E-state index contributed by atoms with van der Waals surface area (Å²) >= 11 is 0. The summed E-state index contributed by atoms with van der Waals surface area (Å²) in [6, 6.07) is 0. The van der Waals surface area contributed by atoms with Crippen molar-refractivity contribution in [1.82, 2.24) is 0 Å². The Bertz CT molecular complexity index is 192. The van der Waals surface area contributed by atoms with Crippen LogP contribution in [0, 0.1) is 23.7 Å². The van der Waals surface area contributed by atoms with Gasteiger partial charge in [0.25, 0.3) is 0 Å². The van der Waals surface area contributed by atoms with Crippen molar-refractivity contribution in [3.05, 3.63) is 12.2 Å². The lowest BCUT2D eigenvalue weighted by molar-refractivity contribution is 0.385. The maximum atomic E-state index is 2.51. The van der Waals surface area contributed by atoms with Gasteiger partial charge in [-0.15, -0.1) is 0 Å². The molecule has 4 atom stereocenters. The molecule has 0 bridgehead atoms. The Morgan fingerprint density at radius 2 is 2.09 bits per heavy atom. The molecular weight excluding hydrogens is 132 g/mol. The van der Waals surface area contributed by atoms with Gasteiger partial charge in [0.05, 0.1) is 0 Å². The molecule has 3 aliphatic carbocycles. The molecule has 60 valence electrons. The quantitative estimate of drug-likeness (QED) is 0.463. The molecule has 0 heterocycles. The van der Waals surface area contributed by atoms with Crippen LogP contribution < -0.4 is 0 Å². The van der Waals surface area contributed by atoms with Crippen molar-refractivity contribution in [2.45, 2.75) is 32.1 Å². The molecule has 2 saturated carbocycles. The van der Waals surface area contributed by atoms with Crippen LogP contribution in [-0.4, -0.2) is 0 Å². The summed E-state index contributed by atoms with van der Waals surface area (Å²) in [4.78, 5) is 0. The van der Waals surface area contributed by atoms with E-state index in [-0.39, 0.29) is 0 Å². The highest BCUT2D eigenvalue weighted by Gasteiger charge is 2.44. The van der Waals surface area contributed by atoms with E-state index in [9.17, 15) is 0 Å². The molecule has 0 saturated heterocycles. The summed E-state index contributed by atoms with van der Waals surface area (Å²) in [6.45, 7) is 0. The first-order valence-electron chi connectivity index (χ1n) is 5.12. The minimum Gasteiger partial charge on any atom is -0.0879 e. The number of allylic oxidation sites excluding steroid dienone is 2. The standard InChI is InChI=1S/C11H16/c1-3-8-7-9-4-2-6-11(9)10(8)5-1/h1,5,8-11H,2-4,6-7H2. The van der Waals surface area contributed by atoms with E-state index in [1.165, 1.54) is 19.3 Å². The third-order valence-electron chi connectivity index (χ3n) is 4.16. The van der Waals surface area contributed by atoms with Crippen molar-refractivity contribution >= 4 is 0 Å². The summed E-state index contributed by atoms with van der Waals surface area (Å²) in [6.07, 6.45) is 12.5. The molecule has 0 aromatic rings. The molecule has 3 rings (SSSR count). The molecule has 0 aliphatic heterocycles. The highest BCUT2D eigenvalue weighted by molar-refractivity contribution is 5.10. The van der Waals surface area contributed by atoms with Crippen molar-refractivity contribution in [1.29, 1.82) is 0 Å². The van der Waals surface area contributed by atoms with Gasteiger partial charge in [-0.05, 0) is 42.9 Å². The van der Waals surface area contributed by atoms with Crippen molar-refractivity contribution in [2.75, 3.05) is 0 Å². The van der Waals surface area contributed by atoms with Gasteiger partial charge in [0, 0.05) is 0 Å². The Labute approximate surface area is 68.7 Å². The molecule has 0 nitrogen and oxygen atoms in total. The van der Waals surface area contributed by atoms with E-state index in [1.807, 2.05) is 0 Å². The van der Waals surface area contributed by atoms with E-state index in [0.29, 0.717) is 0 Å². The van der Waals surface area contributed by atoms with Crippen molar-refractivity contribution in [3.63, 3.8) is 0 Å². The van der Waals surface area contributed by atoms with E-state index in [1.54, 1.807) is 12.8 Å². The average molecular weight is 148 g/mol. The first-order chi connectivity index (χ1) is 5.45. The maximum absolute atomic E-state index is 2.51. The predicted molar refractivity (Wildman–Crippen MR) is 46.2 cm³/mol. The maximum Gasteiger partial charge on any atom is -0.0171 e. The Kier molecular flexibility index (Phi) is 1.21. The summed E-state index contributed by atoms with van der Waals surface area (Å²) in [5.74, 6) is 4.33. The molecule has 2 fully saturated rings. The Morgan fingerprint density at radius 1 is 1.09 bits per heavy atom. The van der Waals surface area contributed by atoms with Crippen LogP contribution in [0.5, 0.6) is 0 Å².